The number of carbonyl (C=O) groups is 1. The summed E-state index contributed by atoms with van der Waals surface area (Å²) in [5.41, 5.74) is 0.482. The number of hydrogen-bond acceptors (Lipinski definition) is 6. The van der Waals surface area contributed by atoms with Gasteiger partial charge in [-0.25, -0.2) is 14.4 Å². The van der Waals surface area contributed by atoms with Crippen LogP contribution in [0.5, 0.6) is 11.5 Å². The zero-order chi connectivity index (χ0) is 20.6. The van der Waals surface area contributed by atoms with Gasteiger partial charge in [0.25, 0.3) is 5.91 Å². The molecule has 0 aliphatic carbocycles. The lowest BCUT2D eigenvalue weighted by Crippen LogP contribution is -2.57. The van der Waals surface area contributed by atoms with Crippen molar-refractivity contribution < 1.29 is 13.9 Å². The fourth-order valence-electron chi connectivity index (χ4n) is 3.90. The van der Waals surface area contributed by atoms with Crippen molar-refractivity contribution in [3.8, 4) is 11.5 Å². The SMILES string of the molecule is CC(C)N(C)C(=O)c1cc(F)ccc1Oc1cncnc1N1CC2(CCNC2)C1. The van der Waals surface area contributed by atoms with E-state index in [0.717, 1.165) is 32.6 Å². The molecule has 0 radical (unpaired) electrons. The standard InChI is InChI=1S/C21H26FN5O2/c1-14(2)26(3)20(28)16-8-15(22)4-5-17(16)29-18-9-24-13-25-19(18)27-11-21(12-27)6-7-23-10-21/h4-5,8-9,13-14,23H,6-7,10-12H2,1-3H3. The molecular formula is C21H26FN5O2. The molecule has 7 nitrogen and oxygen atoms in total. The fraction of sp³-hybridized carbons (Fsp3) is 0.476. The Hall–Kier alpha value is -2.74. The van der Waals surface area contributed by atoms with Crippen LogP contribution >= 0.6 is 0 Å². The van der Waals surface area contributed by atoms with Crippen LogP contribution in [0.15, 0.2) is 30.7 Å². The average Bonchev–Trinajstić information content (AvgIpc) is 3.18. The molecule has 1 spiro atoms. The van der Waals surface area contributed by atoms with Gasteiger partial charge in [-0.1, -0.05) is 0 Å². The predicted molar refractivity (Wildman–Crippen MR) is 108 cm³/mol. The first-order valence-electron chi connectivity index (χ1n) is 9.89. The average molecular weight is 399 g/mol. The molecule has 2 aliphatic rings. The number of benzene rings is 1. The van der Waals surface area contributed by atoms with Crippen LogP contribution in [0.4, 0.5) is 10.2 Å². The second kappa shape index (κ2) is 7.59. The number of halogens is 1. The van der Waals surface area contributed by atoms with E-state index in [0.29, 0.717) is 17.0 Å². The number of hydrogen-bond donors (Lipinski definition) is 1. The minimum atomic E-state index is -0.485. The van der Waals surface area contributed by atoms with Crippen LogP contribution in [-0.2, 0) is 0 Å². The van der Waals surface area contributed by atoms with E-state index in [1.165, 1.54) is 24.5 Å². The zero-order valence-electron chi connectivity index (χ0n) is 17.0. The maximum absolute atomic E-state index is 13.9. The molecular weight excluding hydrogens is 373 g/mol. The first-order valence-corrected chi connectivity index (χ1v) is 9.89. The summed E-state index contributed by atoms with van der Waals surface area (Å²) >= 11 is 0. The first kappa shape index (κ1) is 19.6. The molecule has 4 rings (SSSR count). The number of amides is 1. The van der Waals surface area contributed by atoms with Crippen molar-refractivity contribution >= 4 is 11.7 Å². The van der Waals surface area contributed by atoms with Gasteiger partial charge in [0, 0.05) is 38.1 Å². The highest BCUT2D eigenvalue weighted by Crippen LogP contribution is 2.42. The maximum atomic E-state index is 13.9. The minimum absolute atomic E-state index is 0.0217. The summed E-state index contributed by atoms with van der Waals surface area (Å²) in [7, 11) is 1.69. The van der Waals surface area contributed by atoms with Crippen LogP contribution in [0.3, 0.4) is 0 Å². The first-order chi connectivity index (χ1) is 13.9. The summed E-state index contributed by atoms with van der Waals surface area (Å²) in [6.07, 6.45) is 4.23. The van der Waals surface area contributed by atoms with Crippen molar-refractivity contribution in [2.24, 2.45) is 5.41 Å². The molecule has 1 amide bonds. The second-order valence-corrected chi connectivity index (χ2v) is 8.25. The number of rotatable bonds is 5. The quantitative estimate of drug-likeness (QED) is 0.834. The molecule has 2 fully saturated rings. The Morgan fingerprint density at radius 3 is 2.83 bits per heavy atom. The van der Waals surface area contributed by atoms with Crippen LogP contribution < -0.4 is 15.0 Å². The molecule has 1 N–H and O–H groups in total. The molecule has 2 saturated heterocycles. The zero-order valence-corrected chi connectivity index (χ0v) is 17.0. The Bertz CT molecular complexity index is 906. The van der Waals surface area contributed by atoms with E-state index in [1.807, 2.05) is 13.8 Å². The van der Waals surface area contributed by atoms with Gasteiger partial charge in [-0.05, 0) is 45.0 Å². The van der Waals surface area contributed by atoms with Crippen molar-refractivity contribution in [3.05, 3.63) is 42.1 Å². The summed E-state index contributed by atoms with van der Waals surface area (Å²) < 4.78 is 19.9. The Balaban J connectivity index is 1.60. The van der Waals surface area contributed by atoms with Crippen molar-refractivity contribution in [1.29, 1.82) is 0 Å². The van der Waals surface area contributed by atoms with Gasteiger partial charge < -0.3 is 19.9 Å². The lowest BCUT2D eigenvalue weighted by molar-refractivity contribution is 0.0751. The summed E-state index contributed by atoms with van der Waals surface area (Å²) in [5.74, 6) is 0.657. The van der Waals surface area contributed by atoms with Crippen LogP contribution in [0, 0.1) is 11.2 Å². The number of nitrogens with zero attached hydrogens (tertiary/aromatic N) is 4. The van der Waals surface area contributed by atoms with Gasteiger partial charge in [-0.15, -0.1) is 0 Å². The van der Waals surface area contributed by atoms with Gasteiger partial charge in [-0.3, -0.25) is 4.79 Å². The third kappa shape index (κ3) is 3.76. The molecule has 2 aromatic rings. The molecule has 0 atom stereocenters. The van der Waals surface area contributed by atoms with Crippen LogP contribution in [0.2, 0.25) is 0 Å². The van der Waals surface area contributed by atoms with E-state index >= 15 is 0 Å². The van der Waals surface area contributed by atoms with Crippen LogP contribution in [0.25, 0.3) is 0 Å². The Labute approximate surface area is 169 Å². The Kier molecular flexibility index (Phi) is 5.12. The van der Waals surface area contributed by atoms with Crippen molar-refractivity contribution in [3.63, 3.8) is 0 Å². The smallest absolute Gasteiger partial charge is 0.257 e. The van der Waals surface area contributed by atoms with E-state index < -0.39 is 5.82 Å². The molecule has 2 aliphatic heterocycles. The second-order valence-electron chi connectivity index (χ2n) is 8.25. The number of nitrogens with one attached hydrogen (secondary N) is 1. The molecule has 0 saturated carbocycles. The largest absolute Gasteiger partial charge is 0.451 e. The Morgan fingerprint density at radius 2 is 2.14 bits per heavy atom. The van der Waals surface area contributed by atoms with E-state index in [4.69, 9.17) is 4.74 Å². The van der Waals surface area contributed by atoms with E-state index in [1.54, 1.807) is 18.1 Å². The summed E-state index contributed by atoms with van der Waals surface area (Å²) in [6.45, 7) is 7.67. The molecule has 154 valence electrons. The number of aromatic nitrogens is 2. The Morgan fingerprint density at radius 1 is 1.34 bits per heavy atom. The fourth-order valence-corrected chi connectivity index (χ4v) is 3.90. The highest BCUT2D eigenvalue weighted by atomic mass is 19.1. The molecule has 0 unspecified atom stereocenters. The monoisotopic (exact) mass is 399 g/mol. The summed E-state index contributed by atoms with van der Waals surface area (Å²) in [5, 5.41) is 3.42. The normalized spacial score (nSPS) is 17.5. The van der Waals surface area contributed by atoms with Crippen LogP contribution in [-0.4, -0.2) is 60.0 Å². The molecule has 3 heterocycles. The third-order valence-electron chi connectivity index (χ3n) is 5.83. The lowest BCUT2D eigenvalue weighted by atomic mass is 9.79. The molecule has 8 heteroatoms. The third-order valence-corrected chi connectivity index (χ3v) is 5.83. The van der Waals surface area contributed by atoms with Gasteiger partial charge in [-0.2, -0.15) is 0 Å². The van der Waals surface area contributed by atoms with Gasteiger partial charge in [0.2, 0.25) is 0 Å². The molecule has 0 bridgehead atoms. The van der Waals surface area contributed by atoms with Gasteiger partial charge >= 0.3 is 0 Å². The minimum Gasteiger partial charge on any atom is -0.451 e. The van der Waals surface area contributed by atoms with E-state index in [9.17, 15) is 9.18 Å². The highest BCUT2D eigenvalue weighted by Gasteiger charge is 2.46. The van der Waals surface area contributed by atoms with Crippen LogP contribution in [0.1, 0.15) is 30.6 Å². The summed E-state index contributed by atoms with van der Waals surface area (Å²) in [4.78, 5) is 25.0. The predicted octanol–water partition coefficient (Wildman–Crippen LogP) is 2.69. The van der Waals surface area contributed by atoms with Gasteiger partial charge in [0.15, 0.2) is 11.6 Å². The highest BCUT2D eigenvalue weighted by molar-refractivity contribution is 5.97. The molecule has 29 heavy (non-hydrogen) atoms. The molecule has 1 aromatic carbocycles. The van der Waals surface area contributed by atoms with Crippen molar-refractivity contribution in [2.45, 2.75) is 26.3 Å². The molecule has 1 aromatic heterocycles. The van der Waals surface area contributed by atoms with Gasteiger partial charge in [0.1, 0.15) is 17.9 Å². The number of ether oxygens (including phenoxy) is 1. The van der Waals surface area contributed by atoms with E-state index in [2.05, 4.69) is 20.2 Å². The summed E-state index contributed by atoms with van der Waals surface area (Å²) in [6, 6.07) is 3.95. The number of anilines is 1. The number of carbonyl (C=O) groups excluding carboxylic acids is 1. The van der Waals surface area contributed by atoms with Gasteiger partial charge in [0.05, 0.1) is 11.8 Å². The maximum Gasteiger partial charge on any atom is 0.257 e. The topological polar surface area (TPSA) is 70.6 Å². The lowest BCUT2D eigenvalue weighted by Gasteiger charge is -2.48. The van der Waals surface area contributed by atoms with E-state index in [-0.39, 0.29) is 23.3 Å². The van der Waals surface area contributed by atoms with Crippen molar-refractivity contribution in [2.75, 3.05) is 38.1 Å². The van der Waals surface area contributed by atoms with Crippen molar-refractivity contribution in [1.82, 2.24) is 20.2 Å².